The standard InChI is InChI=1S/C17H23F2N3O2/c18-12-4-5-15(14(19)8-12)22-7-6-13(10-22)21-17(24)20-9-11-2-1-3-16(11)23/h4-5,8,11,13,16,23H,1-3,6-7,9-10H2,(H2,20,21,24)/t11-,13-,16+/m0/s1. The zero-order valence-corrected chi connectivity index (χ0v) is 13.5. The largest absolute Gasteiger partial charge is 0.393 e. The number of benzene rings is 1. The molecule has 132 valence electrons. The van der Waals surface area contributed by atoms with Gasteiger partial charge in [-0.2, -0.15) is 0 Å². The average molecular weight is 339 g/mol. The van der Waals surface area contributed by atoms with Crippen LogP contribution >= 0.6 is 0 Å². The van der Waals surface area contributed by atoms with Crippen LogP contribution in [0.1, 0.15) is 25.7 Å². The van der Waals surface area contributed by atoms with Gasteiger partial charge in [-0.1, -0.05) is 6.42 Å². The molecule has 2 amide bonds. The van der Waals surface area contributed by atoms with E-state index < -0.39 is 11.6 Å². The summed E-state index contributed by atoms with van der Waals surface area (Å²) in [5.74, 6) is -1.06. The zero-order valence-electron chi connectivity index (χ0n) is 13.5. The Kier molecular flexibility index (Phi) is 5.18. The third-order valence-corrected chi connectivity index (χ3v) is 4.92. The number of hydrogen-bond donors (Lipinski definition) is 3. The van der Waals surface area contributed by atoms with E-state index in [1.54, 1.807) is 4.90 Å². The highest BCUT2D eigenvalue weighted by atomic mass is 19.1. The van der Waals surface area contributed by atoms with E-state index in [9.17, 15) is 18.7 Å². The van der Waals surface area contributed by atoms with Crippen LogP contribution in [0.4, 0.5) is 19.3 Å². The van der Waals surface area contributed by atoms with E-state index in [-0.39, 0.29) is 24.1 Å². The second-order valence-corrected chi connectivity index (χ2v) is 6.64. The van der Waals surface area contributed by atoms with Crippen molar-refractivity contribution in [2.75, 3.05) is 24.5 Å². The van der Waals surface area contributed by atoms with Gasteiger partial charge in [0, 0.05) is 37.7 Å². The second kappa shape index (κ2) is 7.34. The fourth-order valence-corrected chi connectivity index (χ4v) is 3.55. The van der Waals surface area contributed by atoms with Gasteiger partial charge in [-0.15, -0.1) is 0 Å². The molecule has 3 rings (SSSR count). The molecular weight excluding hydrogens is 316 g/mol. The lowest BCUT2D eigenvalue weighted by Gasteiger charge is -2.20. The minimum absolute atomic E-state index is 0.0806. The molecule has 1 heterocycles. The van der Waals surface area contributed by atoms with Gasteiger partial charge in [-0.25, -0.2) is 13.6 Å². The minimum atomic E-state index is -0.599. The number of carbonyl (C=O) groups is 1. The summed E-state index contributed by atoms with van der Waals surface area (Å²) >= 11 is 0. The molecule has 0 bridgehead atoms. The number of carbonyl (C=O) groups excluding carboxylic acids is 1. The molecule has 7 heteroatoms. The topological polar surface area (TPSA) is 64.6 Å². The fraction of sp³-hybridized carbons (Fsp3) is 0.588. The summed E-state index contributed by atoms with van der Waals surface area (Å²) in [6.45, 7) is 1.56. The first-order valence-electron chi connectivity index (χ1n) is 8.45. The quantitative estimate of drug-likeness (QED) is 0.786. The first kappa shape index (κ1) is 17.0. The number of nitrogens with one attached hydrogen (secondary N) is 2. The van der Waals surface area contributed by atoms with Crippen molar-refractivity contribution in [3.63, 3.8) is 0 Å². The van der Waals surface area contributed by atoms with Crippen LogP contribution in [0.2, 0.25) is 0 Å². The highest BCUT2D eigenvalue weighted by molar-refractivity contribution is 5.74. The van der Waals surface area contributed by atoms with E-state index >= 15 is 0 Å². The van der Waals surface area contributed by atoms with E-state index in [2.05, 4.69) is 10.6 Å². The normalized spacial score (nSPS) is 26.6. The zero-order chi connectivity index (χ0) is 17.1. The molecule has 0 unspecified atom stereocenters. The molecule has 1 saturated carbocycles. The van der Waals surface area contributed by atoms with Crippen molar-refractivity contribution in [1.82, 2.24) is 10.6 Å². The highest BCUT2D eigenvalue weighted by Gasteiger charge is 2.28. The Bertz CT molecular complexity index is 599. The number of aliphatic hydroxyl groups excluding tert-OH is 1. The molecule has 0 aromatic heterocycles. The first-order valence-corrected chi connectivity index (χ1v) is 8.45. The van der Waals surface area contributed by atoms with Gasteiger partial charge >= 0.3 is 6.03 Å². The van der Waals surface area contributed by atoms with Crippen molar-refractivity contribution in [1.29, 1.82) is 0 Å². The molecule has 2 fully saturated rings. The number of amides is 2. The van der Waals surface area contributed by atoms with Crippen molar-refractivity contribution in [2.45, 2.75) is 37.8 Å². The molecule has 1 saturated heterocycles. The van der Waals surface area contributed by atoms with Gasteiger partial charge < -0.3 is 20.6 Å². The van der Waals surface area contributed by atoms with Crippen molar-refractivity contribution in [3.8, 4) is 0 Å². The molecule has 3 N–H and O–H groups in total. The Balaban J connectivity index is 1.46. The number of aliphatic hydroxyl groups is 1. The van der Waals surface area contributed by atoms with E-state index in [0.717, 1.165) is 25.3 Å². The molecule has 3 atom stereocenters. The molecule has 0 spiro atoms. The summed E-state index contributed by atoms with van der Waals surface area (Å²) in [7, 11) is 0. The SMILES string of the molecule is O=C(NC[C@@H]1CCC[C@H]1O)N[C@H]1CCN(c2ccc(F)cc2F)C1. The summed E-state index contributed by atoms with van der Waals surface area (Å²) in [4.78, 5) is 13.8. The van der Waals surface area contributed by atoms with Crippen molar-refractivity contribution >= 4 is 11.7 Å². The molecule has 24 heavy (non-hydrogen) atoms. The van der Waals surface area contributed by atoms with Crippen LogP contribution in [-0.2, 0) is 0 Å². The van der Waals surface area contributed by atoms with Crippen molar-refractivity contribution in [2.24, 2.45) is 5.92 Å². The number of anilines is 1. The predicted molar refractivity (Wildman–Crippen MR) is 86.9 cm³/mol. The molecule has 1 aromatic carbocycles. The van der Waals surface area contributed by atoms with E-state index in [1.807, 2.05) is 0 Å². The van der Waals surface area contributed by atoms with Crippen LogP contribution in [0, 0.1) is 17.6 Å². The van der Waals surface area contributed by atoms with Crippen LogP contribution in [0.25, 0.3) is 0 Å². The highest BCUT2D eigenvalue weighted by Crippen LogP contribution is 2.25. The van der Waals surface area contributed by atoms with E-state index in [0.29, 0.717) is 31.7 Å². The summed E-state index contributed by atoms with van der Waals surface area (Å²) in [5.41, 5.74) is 0.357. The van der Waals surface area contributed by atoms with Crippen molar-refractivity contribution < 1.29 is 18.7 Å². The van der Waals surface area contributed by atoms with Gasteiger partial charge in [0.2, 0.25) is 0 Å². The number of halogens is 2. The monoisotopic (exact) mass is 339 g/mol. The Morgan fingerprint density at radius 1 is 1.29 bits per heavy atom. The minimum Gasteiger partial charge on any atom is -0.393 e. The molecule has 0 radical (unpaired) electrons. The maximum absolute atomic E-state index is 13.8. The van der Waals surface area contributed by atoms with E-state index in [1.165, 1.54) is 12.1 Å². The van der Waals surface area contributed by atoms with Crippen molar-refractivity contribution in [3.05, 3.63) is 29.8 Å². The van der Waals surface area contributed by atoms with Gasteiger partial charge in [0.25, 0.3) is 0 Å². The summed E-state index contributed by atoms with van der Waals surface area (Å²) in [6.07, 6.45) is 3.11. The van der Waals surface area contributed by atoms with E-state index in [4.69, 9.17) is 0 Å². The average Bonchev–Trinajstić information content (AvgIpc) is 3.14. The third kappa shape index (κ3) is 3.95. The van der Waals surface area contributed by atoms with Crippen LogP contribution in [0.5, 0.6) is 0 Å². The maximum Gasteiger partial charge on any atom is 0.315 e. The smallest absolute Gasteiger partial charge is 0.315 e. The summed E-state index contributed by atoms with van der Waals surface area (Å²) < 4.78 is 26.8. The van der Waals surface area contributed by atoms with Crippen LogP contribution in [0.15, 0.2) is 18.2 Å². The summed E-state index contributed by atoms with van der Waals surface area (Å²) in [5, 5.41) is 15.4. The van der Waals surface area contributed by atoms with Gasteiger partial charge in [-0.3, -0.25) is 0 Å². The lowest BCUT2D eigenvalue weighted by molar-refractivity contribution is 0.132. The molecule has 5 nitrogen and oxygen atoms in total. The predicted octanol–water partition coefficient (Wildman–Crippen LogP) is 2.00. The Morgan fingerprint density at radius 2 is 2.12 bits per heavy atom. The number of hydrogen-bond acceptors (Lipinski definition) is 3. The van der Waals surface area contributed by atoms with Gasteiger partial charge in [-0.05, 0) is 31.4 Å². The number of rotatable bonds is 4. The van der Waals surface area contributed by atoms with Gasteiger partial charge in [0.15, 0.2) is 0 Å². The molecule has 2 aliphatic rings. The fourth-order valence-electron chi connectivity index (χ4n) is 3.55. The molecule has 1 aliphatic carbocycles. The second-order valence-electron chi connectivity index (χ2n) is 6.64. The van der Waals surface area contributed by atoms with Gasteiger partial charge in [0.05, 0.1) is 11.8 Å². The third-order valence-electron chi connectivity index (χ3n) is 4.92. The number of nitrogens with zero attached hydrogens (tertiary/aromatic N) is 1. The maximum atomic E-state index is 13.8. The lowest BCUT2D eigenvalue weighted by atomic mass is 10.1. The molecular formula is C17H23F2N3O2. The van der Waals surface area contributed by atoms with Crippen LogP contribution < -0.4 is 15.5 Å². The lowest BCUT2D eigenvalue weighted by Crippen LogP contribution is -2.45. The van der Waals surface area contributed by atoms with Gasteiger partial charge in [0.1, 0.15) is 11.6 Å². The molecule has 1 aromatic rings. The Hall–Kier alpha value is -1.89. The molecule has 1 aliphatic heterocycles. The Morgan fingerprint density at radius 3 is 2.83 bits per heavy atom. The van der Waals surface area contributed by atoms with Crippen LogP contribution in [-0.4, -0.2) is 42.9 Å². The Labute approximate surface area is 140 Å². The summed E-state index contributed by atoms with van der Waals surface area (Å²) in [6, 6.07) is 3.19. The van der Waals surface area contributed by atoms with Crippen LogP contribution in [0.3, 0.4) is 0 Å². The number of urea groups is 1. The first-order chi connectivity index (χ1) is 11.5.